The van der Waals surface area contributed by atoms with Gasteiger partial charge in [-0.2, -0.15) is 0 Å². The number of carbonyl (C=O) groups excluding carboxylic acids is 1. The molecule has 0 bridgehead atoms. The van der Waals surface area contributed by atoms with E-state index < -0.39 is 9.84 Å². The van der Waals surface area contributed by atoms with Gasteiger partial charge < -0.3 is 19.9 Å². The van der Waals surface area contributed by atoms with E-state index in [2.05, 4.69) is 15.6 Å². The van der Waals surface area contributed by atoms with Crippen molar-refractivity contribution in [2.75, 3.05) is 23.5 Å². The number of fused-ring (bicyclic) bond motifs is 1. The van der Waals surface area contributed by atoms with Gasteiger partial charge >= 0.3 is 0 Å². The largest absolute Gasteiger partial charge is 0.358 e. The van der Waals surface area contributed by atoms with Gasteiger partial charge in [0, 0.05) is 43.7 Å². The van der Waals surface area contributed by atoms with Gasteiger partial charge in [-0.15, -0.1) is 0 Å². The third kappa shape index (κ3) is 5.08. The topological polar surface area (TPSA) is 133 Å². The van der Waals surface area contributed by atoms with Crippen LogP contribution in [0.5, 0.6) is 0 Å². The van der Waals surface area contributed by atoms with Gasteiger partial charge in [-0.1, -0.05) is 0 Å². The maximum absolute atomic E-state index is 13.0. The molecule has 4 heterocycles. The van der Waals surface area contributed by atoms with Gasteiger partial charge in [-0.05, 0) is 64.2 Å². The number of rotatable bonds is 7. The first kappa shape index (κ1) is 26.5. The number of nitrogens with one attached hydrogen (secondary N) is 2. The highest BCUT2D eigenvalue weighted by molar-refractivity contribution is 7.90. The van der Waals surface area contributed by atoms with E-state index in [4.69, 9.17) is 14.7 Å². The van der Waals surface area contributed by atoms with Crippen LogP contribution in [0.15, 0.2) is 35.4 Å². The summed E-state index contributed by atoms with van der Waals surface area (Å²) in [6, 6.07) is 6.92. The lowest BCUT2D eigenvalue weighted by Crippen LogP contribution is -2.20. The van der Waals surface area contributed by atoms with E-state index >= 15 is 0 Å². The van der Waals surface area contributed by atoms with Gasteiger partial charge in [0.15, 0.2) is 15.5 Å². The third-order valence-corrected chi connectivity index (χ3v) is 8.51. The van der Waals surface area contributed by atoms with Crippen LogP contribution in [0.4, 0.5) is 17.2 Å². The summed E-state index contributed by atoms with van der Waals surface area (Å²) in [5.41, 5.74) is 3.60. The number of amides is 1. The number of imidazole rings is 2. The van der Waals surface area contributed by atoms with Crippen molar-refractivity contribution in [3.63, 3.8) is 0 Å². The van der Waals surface area contributed by atoms with Gasteiger partial charge in [0.2, 0.25) is 5.91 Å². The zero-order chi connectivity index (χ0) is 28.2. The Bertz CT molecular complexity index is 1730. The molecule has 1 aliphatic carbocycles. The fraction of sp³-hybridized carbons (Fsp3) is 0.429. The molecular formula is C28H33N7O4S. The normalized spacial score (nSPS) is 17.8. The fourth-order valence-corrected chi connectivity index (χ4v) is 6.14. The molecule has 2 fully saturated rings. The van der Waals surface area contributed by atoms with Crippen LogP contribution >= 0.6 is 0 Å². The Morgan fingerprint density at radius 3 is 2.50 bits per heavy atom. The smallest absolute Gasteiger partial charge is 0.228 e. The standard InChI is InChI=1S/C28H33N7O4S/c1-16-15-34(3)26(29-16)19-10-11-20(22(13-19)40(4,37)38)31-21-14-23(33-28(36)18-8-9-18)32-27-25(21)30-17(2)35(27)24-7-5-6-12-39-24/h10-11,13-15,18,24H,5-9,12H2,1-4H3,(H2,31,32,33,36). The zero-order valence-electron chi connectivity index (χ0n) is 23.1. The Balaban J connectivity index is 1.47. The lowest BCUT2D eigenvalue weighted by Gasteiger charge is -2.25. The summed E-state index contributed by atoms with van der Waals surface area (Å²) < 4.78 is 35.8. The molecule has 1 aromatic carbocycles. The van der Waals surface area contributed by atoms with Crippen LogP contribution in [0.3, 0.4) is 0 Å². The molecule has 1 aliphatic heterocycles. The van der Waals surface area contributed by atoms with Crippen molar-refractivity contribution >= 4 is 44.1 Å². The van der Waals surface area contributed by atoms with Gasteiger partial charge in [0.05, 0.1) is 22.0 Å². The quantitative estimate of drug-likeness (QED) is 0.332. The molecule has 4 aromatic rings. The summed E-state index contributed by atoms with van der Waals surface area (Å²) in [7, 11) is -1.75. The van der Waals surface area contributed by atoms with E-state index in [1.54, 1.807) is 18.2 Å². The summed E-state index contributed by atoms with van der Waals surface area (Å²) in [5.74, 6) is 1.71. The number of aryl methyl sites for hydroxylation is 3. The summed E-state index contributed by atoms with van der Waals surface area (Å²) >= 11 is 0. The van der Waals surface area contributed by atoms with Gasteiger partial charge in [0.25, 0.3) is 0 Å². The molecule has 3 aromatic heterocycles. The summed E-state index contributed by atoms with van der Waals surface area (Å²) in [6.45, 7) is 4.45. The molecule has 1 unspecified atom stereocenters. The molecule has 1 saturated carbocycles. The highest BCUT2D eigenvalue weighted by Gasteiger charge is 2.31. The number of benzene rings is 1. The molecule has 12 heteroatoms. The van der Waals surface area contributed by atoms with Gasteiger partial charge in [-0.3, -0.25) is 9.36 Å². The van der Waals surface area contributed by atoms with E-state index in [1.165, 1.54) is 6.26 Å². The number of sulfone groups is 1. The number of carbonyl (C=O) groups is 1. The van der Waals surface area contributed by atoms with E-state index in [0.29, 0.717) is 46.4 Å². The average molecular weight is 564 g/mol. The van der Waals surface area contributed by atoms with Crippen LogP contribution in [0, 0.1) is 19.8 Å². The van der Waals surface area contributed by atoms with Crippen molar-refractivity contribution in [3.05, 3.63) is 42.0 Å². The number of hydrogen-bond donors (Lipinski definition) is 2. The lowest BCUT2D eigenvalue weighted by atomic mass is 10.2. The second kappa shape index (κ2) is 10.0. The SMILES string of the molecule is Cc1cn(C)c(-c2ccc(Nc3cc(NC(=O)C4CC4)nc4c3nc(C)n4C3CCCCO3)c(S(C)(=O)=O)c2)n1. The van der Waals surface area contributed by atoms with Crippen molar-refractivity contribution in [3.8, 4) is 11.4 Å². The van der Waals surface area contributed by atoms with Crippen molar-refractivity contribution in [2.24, 2.45) is 13.0 Å². The van der Waals surface area contributed by atoms with Crippen molar-refractivity contribution in [1.29, 1.82) is 0 Å². The van der Waals surface area contributed by atoms with Crippen LogP contribution in [-0.2, 0) is 26.4 Å². The molecule has 2 aliphatic rings. The molecule has 2 N–H and O–H groups in total. The summed E-state index contributed by atoms with van der Waals surface area (Å²) in [4.78, 5) is 26.9. The van der Waals surface area contributed by atoms with Crippen LogP contribution in [0.1, 0.15) is 49.9 Å². The third-order valence-electron chi connectivity index (χ3n) is 7.37. The Morgan fingerprint density at radius 2 is 1.85 bits per heavy atom. The zero-order valence-corrected chi connectivity index (χ0v) is 23.9. The maximum Gasteiger partial charge on any atom is 0.228 e. The first-order valence-electron chi connectivity index (χ1n) is 13.5. The average Bonchev–Trinajstić information content (AvgIpc) is 3.63. The number of nitrogens with zero attached hydrogens (tertiary/aromatic N) is 5. The molecule has 0 spiro atoms. The van der Waals surface area contributed by atoms with Gasteiger partial charge in [0.1, 0.15) is 29.2 Å². The number of ether oxygens (including phenoxy) is 1. The monoisotopic (exact) mass is 563 g/mol. The van der Waals surface area contributed by atoms with Gasteiger partial charge in [-0.25, -0.2) is 23.4 Å². The Labute approximate surface area is 232 Å². The number of anilines is 3. The van der Waals surface area contributed by atoms with E-state index in [1.807, 2.05) is 42.3 Å². The molecule has 1 atom stereocenters. The maximum atomic E-state index is 13.0. The molecule has 40 heavy (non-hydrogen) atoms. The minimum atomic E-state index is -3.63. The van der Waals surface area contributed by atoms with Crippen LogP contribution in [0.25, 0.3) is 22.6 Å². The summed E-state index contributed by atoms with van der Waals surface area (Å²) in [5, 5.41) is 6.25. The van der Waals surface area contributed by atoms with E-state index in [-0.39, 0.29) is 22.9 Å². The predicted molar refractivity (Wildman–Crippen MR) is 152 cm³/mol. The number of aromatic nitrogens is 5. The molecule has 6 rings (SSSR count). The van der Waals surface area contributed by atoms with E-state index in [0.717, 1.165) is 43.6 Å². The second-order valence-corrected chi connectivity index (χ2v) is 12.8. The number of pyridine rings is 1. The Hall–Kier alpha value is -3.77. The predicted octanol–water partition coefficient (Wildman–Crippen LogP) is 4.64. The Kier molecular flexibility index (Phi) is 6.62. The molecule has 1 amide bonds. The highest BCUT2D eigenvalue weighted by atomic mass is 32.2. The second-order valence-electron chi connectivity index (χ2n) is 10.8. The first-order chi connectivity index (χ1) is 19.1. The molecule has 0 radical (unpaired) electrons. The minimum Gasteiger partial charge on any atom is -0.358 e. The minimum absolute atomic E-state index is 0.00127. The Morgan fingerprint density at radius 1 is 1.05 bits per heavy atom. The van der Waals surface area contributed by atoms with Crippen molar-refractivity contribution in [2.45, 2.75) is 57.1 Å². The van der Waals surface area contributed by atoms with E-state index in [9.17, 15) is 13.2 Å². The highest BCUT2D eigenvalue weighted by Crippen LogP contribution is 2.37. The first-order valence-corrected chi connectivity index (χ1v) is 15.4. The molecule has 11 nitrogen and oxygen atoms in total. The molecule has 1 saturated heterocycles. The fourth-order valence-electron chi connectivity index (χ4n) is 5.28. The lowest BCUT2D eigenvalue weighted by molar-refractivity contribution is -0.117. The molecule has 210 valence electrons. The van der Waals surface area contributed by atoms with Crippen molar-refractivity contribution < 1.29 is 17.9 Å². The summed E-state index contributed by atoms with van der Waals surface area (Å²) in [6.07, 6.45) is 7.48. The number of hydrogen-bond acceptors (Lipinski definition) is 8. The van der Waals surface area contributed by atoms with Crippen LogP contribution < -0.4 is 10.6 Å². The van der Waals surface area contributed by atoms with Crippen LogP contribution in [-0.4, -0.2) is 51.3 Å². The van der Waals surface area contributed by atoms with Crippen molar-refractivity contribution in [1.82, 2.24) is 24.1 Å². The van der Waals surface area contributed by atoms with Crippen LogP contribution in [0.2, 0.25) is 0 Å². The molecular weight excluding hydrogens is 530 g/mol.